The van der Waals surface area contributed by atoms with Crippen LogP contribution in [0.5, 0.6) is 0 Å². The van der Waals surface area contributed by atoms with Crippen molar-refractivity contribution in [2.24, 2.45) is 0 Å². The predicted molar refractivity (Wildman–Crippen MR) is 288 cm³/mol. The summed E-state index contributed by atoms with van der Waals surface area (Å²) in [5.74, 6) is -1.79. The molecule has 8 aliphatic heterocycles. The second kappa shape index (κ2) is 33.9. The summed E-state index contributed by atoms with van der Waals surface area (Å²) in [7, 11) is 0. The Morgan fingerprint density at radius 2 is 0.484 bits per heavy atom. The van der Waals surface area contributed by atoms with Crippen molar-refractivity contribution in [2.75, 3.05) is 52.9 Å². The first kappa shape index (κ1) is 78.1. The van der Waals surface area contributed by atoms with Crippen LogP contribution in [0.3, 0.4) is 0 Å². The number of ether oxygens (including phenoxy) is 15. The molecule has 95 heavy (non-hydrogen) atoms. The minimum atomic E-state index is -2.40. The van der Waals surface area contributed by atoms with E-state index < -0.39 is 310 Å². The van der Waals surface area contributed by atoms with Crippen molar-refractivity contribution < 1.29 is 203 Å². The molecule has 8 rings (SSSR count). The summed E-state index contributed by atoms with van der Waals surface area (Å²) >= 11 is 0. The molecule has 0 saturated carbocycles. The number of carbonyl (C=O) groups excluding carboxylic acids is 2. The monoisotopic (exact) mass is 1400 g/mol. The summed E-state index contributed by atoms with van der Waals surface area (Å²) in [6.45, 7) is -6.57. The van der Waals surface area contributed by atoms with Gasteiger partial charge in [0.1, 0.15) is 195 Å². The number of amides is 2. The van der Waals surface area contributed by atoms with Crippen molar-refractivity contribution in [2.45, 2.75) is 259 Å². The highest BCUT2D eigenvalue weighted by Gasteiger charge is 2.60. The summed E-state index contributed by atoms with van der Waals surface area (Å²) in [5.41, 5.74) is 0. The number of rotatable bonds is 24. The number of nitrogens with one attached hydrogen (secondary N) is 2. The lowest BCUT2D eigenvalue weighted by molar-refractivity contribution is -0.407. The van der Waals surface area contributed by atoms with E-state index >= 15 is 0 Å². The molecule has 0 bridgehead atoms. The maximum atomic E-state index is 13.2. The first-order valence-corrected chi connectivity index (χ1v) is 30.2. The molecule has 8 heterocycles. The molecule has 26 N–H and O–H groups in total. The smallest absolute Gasteiger partial charge is 0.217 e. The molecule has 0 spiro atoms. The van der Waals surface area contributed by atoms with Crippen LogP contribution < -0.4 is 10.6 Å². The quantitative estimate of drug-likeness (QED) is 0.0427. The fourth-order valence-corrected chi connectivity index (χ4v) is 12.2. The average Bonchev–Trinajstić information content (AvgIpc) is 0.774. The first-order valence-electron chi connectivity index (χ1n) is 30.2. The Balaban J connectivity index is 1.06. The average molecular weight is 1400 g/mol. The Morgan fingerprint density at radius 3 is 0.842 bits per heavy atom. The molecule has 43 nitrogen and oxygen atoms in total. The summed E-state index contributed by atoms with van der Waals surface area (Å²) in [6.07, 6.45) is -78.6. The van der Waals surface area contributed by atoms with E-state index in [2.05, 4.69) is 10.6 Å². The normalized spacial score (nSPS) is 50.8. The SMILES string of the molecule is CC(=O)N[C@H]1[C@@H](O[C@@H]2[C@@H](O[C@H]3[C@H](O)[C@H](O)[C@@H](O[C@@H]4[C@H](O[C@@H]5[C@@H](O)[C@@H](CO)OC(O)[C@@H]5NC(C)=O)O[C@H](CO)[C@@H](O)[C@@H]4O)O[C@@H]3CO)O[C@H](CO)[C@@H](O)[C@@H]2O)O[C@H](CO)[C@H](O)[C@@H]1O[C@@H]1O[C@H](CO)[C@@H](O)[C@H](O)[C@@H]1O[C@H]1O[C@H](CO)[C@@H](O)[C@H](O)[C@@H]1O[C@H]1O[C@H](CO)[C@@H](O)[C@H](O)[C@@H]1O. The van der Waals surface area contributed by atoms with Gasteiger partial charge in [-0.05, 0) is 0 Å². The molecule has 43 heteroatoms. The number of hydrogen-bond acceptors (Lipinski definition) is 41. The molecule has 2 amide bonds. The van der Waals surface area contributed by atoms with Gasteiger partial charge < -0.3 is 204 Å². The van der Waals surface area contributed by atoms with E-state index in [0.717, 1.165) is 13.8 Å². The molecule has 0 aromatic heterocycles. The summed E-state index contributed by atoms with van der Waals surface area (Å²) in [4.78, 5) is 25.3. The highest BCUT2D eigenvalue weighted by molar-refractivity contribution is 5.73. The zero-order valence-electron chi connectivity index (χ0n) is 50.4. The van der Waals surface area contributed by atoms with Crippen molar-refractivity contribution >= 4 is 11.8 Å². The third-order valence-electron chi connectivity index (χ3n) is 17.5. The maximum Gasteiger partial charge on any atom is 0.217 e. The topological polar surface area (TPSA) is 682 Å². The van der Waals surface area contributed by atoms with E-state index in [1.165, 1.54) is 0 Å². The molecule has 552 valence electrons. The number of aliphatic hydroxyl groups is 24. The second-order valence-corrected chi connectivity index (χ2v) is 23.8. The Morgan fingerprint density at radius 1 is 0.253 bits per heavy atom. The summed E-state index contributed by atoms with van der Waals surface area (Å²) in [5, 5.41) is 266. The molecule has 8 fully saturated rings. The van der Waals surface area contributed by atoms with Crippen LogP contribution in [-0.2, 0) is 80.6 Å². The van der Waals surface area contributed by atoms with E-state index in [1.807, 2.05) is 0 Å². The fraction of sp³-hybridized carbons (Fsp3) is 0.962. The van der Waals surface area contributed by atoms with Gasteiger partial charge in [-0.15, -0.1) is 0 Å². The highest BCUT2D eigenvalue weighted by Crippen LogP contribution is 2.40. The lowest BCUT2D eigenvalue weighted by atomic mass is 9.94. The van der Waals surface area contributed by atoms with Crippen LogP contribution in [0.4, 0.5) is 0 Å². The molecule has 0 aliphatic carbocycles. The third-order valence-corrected chi connectivity index (χ3v) is 17.5. The second-order valence-electron chi connectivity index (χ2n) is 23.8. The molecule has 1 unspecified atom stereocenters. The largest absolute Gasteiger partial charge is 0.394 e. The van der Waals surface area contributed by atoms with Gasteiger partial charge in [-0.2, -0.15) is 0 Å². The van der Waals surface area contributed by atoms with Crippen molar-refractivity contribution in [3.63, 3.8) is 0 Å². The van der Waals surface area contributed by atoms with Gasteiger partial charge in [-0.1, -0.05) is 0 Å². The van der Waals surface area contributed by atoms with E-state index in [-0.39, 0.29) is 0 Å². The maximum absolute atomic E-state index is 13.2. The molecule has 0 aromatic carbocycles. The van der Waals surface area contributed by atoms with Crippen LogP contribution in [0.2, 0.25) is 0 Å². The molecule has 40 atom stereocenters. The van der Waals surface area contributed by atoms with Gasteiger partial charge in [0.2, 0.25) is 11.8 Å². The standard InChI is InChI=1S/C52H88N2O41/c1-11(63)53-21-39(28(70)18(8-60)81-45(21)80)90-50-42(32(74)25(67)15(5-57)85-50)94-48-37(79)35(77)38(20(10-62)88-48)89-49-41(31(73)24(66)14(4-56)84-49)92-46-22(54-12(2)64)40(29(71)19(9-61)82-46)91-51-44(34(76)27(69)16(6-58)86-51)95-52-43(33(75)26(68)17(7-59)87-52)93-47-36(78)30(72)23(65)13(3-55)83-47/h13-52,55-62,65-80H,3-10H2,1-2H3,(H,53,63)(H,54,64)/t13-,14-,15-,16-,17-,18-,19-,20-,21-,22-,23-,24-,25-,26-,27-,28+,29+,30+,31+,32+,33+,34+,35-,36+,37+,38-,39+,40-,41+,42+,43+,44+,45?,46-,47-,48-,49-,50+,51+,52-/m1/s1. The van der Waals surface area contributed by atoms with Crippen molar-refractivity contribution in [3.8, 4) is 0 Å². The van der Waals surface area contributed by atoms with Gasteiger partial charge in [0.25, 0.3) is 0 Å². The zero-order valence-corrected chi connectivity index (χ0v) is 50.4. The minimum Gasteiger partial charge on any atom is -0.394 e. The summed E-state index contributed by atoms with van der Waals surface area (Å²) < 4.78 is 87.3. The van der Waals surface area contributed by atoms with Crippen LogP contribution in [0, 0.1) is 0 Å². The van der Waals surface area contributed by atoms with Crippen LogP contribution >= 0.6 is 0 Å². The number of hydrogen-bond donors (Lipinski definition) is 26. The lowest BCUT2D eigenvalue weighted by Gasteiger charge is -2.51. The molecular weight excluding hydrogens is 1310 g/mol. The van der Waals surface area contributed by atoms with Gasteiger partial charge in [0, 0.05) is 13.8 Å². The molecule has 0 aromatic rings. The molecule has 8 aliphatic rings. The molecular formula is C52H88N2O41. The molecule has 8 saturated heterocycles. The van der Waals surface area contributed by atoms with Crippen molar-refractivity contribution in [3.05, 3.63) is 0 Å². The van der Waals surface area contributed by atoms with Gasteiger partial charge in [0.15, 0.2) is 50.3 Å². The van der Waals surface area contributed by atoms with Crippen LogP contribution in [0.15, 0.2) is 0 Å². The van der Waals surface area contributed by atoms with Crippen molar-refractivity contribution in [1.82, 2.24) is 10.6 Å². The Labute approximate surface area is 536 Å². The van der Waals surface area contributed by atoms with Crippen LogP contribution in [-0.4, -0.2) is 433 Å². The van der Waals surface area contributed by atoms with Crippen molar-refractivity contribution in [1.29, 1.82) is 0 Å². The molecule has 0 radical (unpaired) electrons. The predicted octanol–water partition coefficient (Wildman–Crippen LogP) is -18.2. The van der Waals surface area contributed by atoms with Gasteiger partial charge in [-0.3, -0.25) is 9.59 Å². The van der Waals surface area contributed by atoms with Crippen LogP contribution in [0.1, 0.15) is 13.8 Å². The third kappa shape index (κ3) is 16.7. The van der Waals surface area contributed by atoms with E-state index in [1.54, 1.807) is 0 Å². The Bertz CT molecular complexity index is 2380. The first-order chi connectivity index (χ1) is 45.0. The fourth-order valence-electron chi connectivity index (χ4n) is 12.2. The zero-order chi connectivity index (χ0) is 69.9. The Hall–Kier alpha value is -2.62. The highest BCUT2D eigenvalue weighted by atomic mass is 16.8. The van der Waals surface area contributed by atoms with Gasteiger partial charge in [0.05, 0.1) is 52.9 Å². The van der Waals surface area contributed by atoms with Gasteiger partial charge >= 0.3 is 0 Å². The summed E-state index contributed by atoms with van der Waals surface area (Å²) in [6, 6.07) is -3.65. The van der Waals surface area contributed by atoms with Gasteiger partial charge in [-0.25, -0.2) is 0 Å². The Kier molecular flexibility index (Phi) is 27.9. The lowest BCUT2D eigenvalue weighted by Crippen LogP contribution is -2.71. The van der Waals surface area contributed by atoms with Crippen LogP contribution in [0.25, 0.3) is 0 Å². The number of carbonyl (C=O) groups is 2. The van der Waals surface area contributed by atoms with E-state index in [0.29, 0.717) is 0 Å². The minimum absolute atomic E-state index is 0.793. The van der Waals surface area contributed by atoms with E-state index in [9.17, 15) is 132 Å². The number of aliphatic hydroxyl groups excluding tert-OH is 24. The van der Waals surface area contributed by atoms with E-state index in [4.69, 9.17) is 71.1 Å².